The van der Waals surface area contributed by atoms with E-state index in [9.17, 15) is 0 Å². The highest BCUT2D eigenvalue weighted by Crippen LogP contribution is 2.30. The normalized spacial score (nSPS) is 13.0. The second-order valence-corrected chi connectivity index (χ2v) is 8.69. The lowest BCUT2D eigenvalue weighted by Crippen LogP contribution is -2.27. The molecule has 4 aromatic rings. The summed E-state index contributed by atoms with van der Waals surface area (Å²) in [6.07, 6.45) is 7.92. The number of benzene rings is 1. The molecule has 0 aliphatic carbocycles. The summed E-state index contributed by atoms with van der Waals surface area (Å²) in [6.45, 7) is 4.46. The van der Waals surface area contributed by atoms with Crippen molar-refractivity contribution in [1.29, 1.82) is 0 Å². The summed E-state index contributed by atoms with van der Waals surface area (Å²) < 4.78 is 5.97. The highest BCUT2D eigenvalue weighted by atomic mass is 16.5. The van der Waals surface area contributed by atoms with Crippen LogP contribution >= 0.6 is 0 Å². The van der Waals surface area contributed by atoms with E-state index in [-0.39, 0.29) is 12.4 Å². The van der Waals surface area contributed by atoms with Crippen LogP contribution in [0.5, 0.6) is 5.88 Å². The minimum Gasteiger partial charge on any atom is -0.470 e. The molecule has 0 fully saturated rings. The molecule has 2 N–H and O–H groups in total. The Morgan fingerprint density at radius 1 is 1.06 bits per heavy atom. The quantitative estimate of drug-likeness (QED) is 0.462. The van der Waals surface area contributed by atoms with Crippen LogP contribution in [-0.4, -0.2) is 38.4 Å². The molecule has 1 aliphatic rings. The summed E-state index contributed by atoms with van der Waals surface area (Å²) in [5.41, 5.74) is 14.4. The standard InChI is InChI=1S/C28H26N6O/c1-19-13-22(15-23-17-34(2)12-8-25(19)23)26-16-32-27(29)28(33-26)35-18-21-7-11-31-24(14-21)4-3-20-5-9-30-10-6-20/h5-7,9-11,13-16H,8,12,17-18H2,1-2H3,(H2,29,32). The van der Waals surface area contributed by atoms with Gasteiger partial charge < -0.3 is 15.4 Å². The summed E-state index contributed by atoms with van der Waals surface area (Å²) in [6, 6.07) is 11.9. The van der Waals surface area contributed by atoms with Gasteiger partial charge in [0.2, 0.25) is 0 Å². The van der Waals surface area contributed by atoms with E-state index in [0.29, 0.717) is 11.6 Å². The lowest BCUT2D eigenvalue weighted by atomic mass is 9.92. The number of nitrogen functional groups attached to an aromatic ring is 1. The van der Waals surface area contributed by atoms with Gasteiger partial charge in [-0.1, -0.05) is 5.92 Å². The van der Waals surface area contributed by atoms with Gasteiger partial charge in [0.25, 0.3) is 5.88 Å². The third-order valence-electron chi connectivity index (χ3n) is 6.03. The molecular formula is C28H26N6O. The average molecular weight is 463 g/mol. The highest BCUT2D eigenvalue weighted by Gasteiger charge is 2.17. The number of hydrogen-bond acceptors (Lipinski definition) is 7. The van der Waals surface area contributed by atoms with Gasteiger partial charge in [-0.3, -0.25) is 4.98 Å². The van der Waals surface area contributed by atoms with Crippen molar-refractivity contribution < 1.29 is 4.74 Å². The number of anilines is 1. The Labute approximate surface area is 205 Å². The SMILES string of the molecule is Cc1cc(-c2cnc(N)c(OCc3ccnc(C#Cc4ccncc4)c3)n2)cc2c1CCN(C)C2. The summed E-state index contributed by atoms with van der Waals surface area (Å²) in [5, 5.41) is 0. The van der Waals surface area contributed by atoms with Gasteiger partial charge in [0.05, 0.1) is 11.9 Å². The summed E-state index contributed by atoms with van der Waals surface area (Å²) in [5.74, 6) is 6.74. The zero-order valence-electron chi connectivity index (χ0n) is 19.8. The number of hydrogen-bond donors (Lipinski definition) is 1. The van der Waals surface area contributed by atoms with Gasteiger partial charge in [0.15, 0.2) is 5.82 Å². The Kier molecular flexibility index (Phi) is 6.38. The van der Waals surface area contributed by atoms with Gasteiger partial charge in [-0.15, -0.1) is 0 Å². The fourth-order valence-electron chi connectivity index (χ4n) is 4.19. The molecule has 1 aromatic carbocycles. The largest absolute Gasteiger partial charge is 0.470 e. The molecule has 4 heterocycles. The average Bonchev–Trinajstić information content (AvgIpc) is 2.87. The van der Waals surface area contributed by atoms with Crippen molar-refractivity contribution in [2.45, 2.75) is 26.5 Å². The Balaban J connectivity index is 1.34. The Bertz CT molecular complexity index is 1420. The molecule has 0 saturated heterocycles. The minimum absolute atomic E-state index is 0.259. The van der Waals surface area contributed by atoms with Crippen molar-refractivity contribution in [3.8, 4) is 29.0 Å². The third-order valence-corrected chi connectivity index (χ3v) is 6.03. The van der Waals surface area contributed by atoms with E-state index in [1.165, 1.54) is 16.7 Å². The van der Waals surface area contributed by atoms with Gasteiger partial charge in [-0.05, 0) is 85.0 Å². The maximum Gasteiger partial charge on any atom is 0.258 e. The summed E-state index contributed by atoms with van der Waals surface area (Å²) in [4.78, 5) is 19.7. The number of nitrogens with zero attached hydrogens (tertiary/aromatic N) is 5. The first-order valence-electron chi connectivity index (χ1n) is 11.5. The van der Waals surface area contributed by atoms with Crippen LogP contribution in [0.25, 0.3) is 11.3 Å². The summed E-state index contributed by atoms with van der Waals surface area (Å²) in [7, 11) is 2.15. The Morgan fingerprint density at radius 2 is 1.91 bits per heavy atom. The number of ether oxygens (including phenoxy) is 1. The van der Waals surface area contributed by atoms with Gasteiger partial charge in [-0.2, -0.15) is 0 Å². The van der Waals surface area contributed by atoms with E-state index in [0.717, 1.165) is 41.9 Å². The van der Waals surface area contributed by atoms with Crippen LogP contribution in [0.2, 0.25) is 0 Å². The van der Waals surface area contributed by atoms with E-state index in [4.69, 9.17) is 15.5 Å². The van der Waals surface area contributed by atoms with Gasteiger partial charge >= 0.3 is 0 Å². The van der Waals surface area contributed by atoms with Gasteiger partial charge in [-0.25, -0.2) is 15.0 Å². The van der Waals surface area contributed by atoms with Crippen molar-refractivity contribution in [2.75, 3.05) is 19.3 Å². The van der Waals surface area contributed by atoms with E-state index in [2.05, 4.69) is 57.8 Å². The molecule has 0 atom stereocenters. The van der Waals surface area contributed by atoms with Crippen molar-refractivity contribution >= 4 is 5.82 Å². The number of aromatic nitrogens is 4. The van der Waals surface area contributed by atoms with Crippen LogP contribution in [0.3, 0.4) is 0 Å². The molecule has 7 heteroatoms. The fourth-order valence-corrected chi connectivity index (χ4v) is 4.19. The number of pyridine rings is 2. The molecule has 0 amide bonds. The molecule has 1 aliphatic heterocycles. The van der Waals surface area contributed by atoms with Crippen LogP contribution in [-0.2, 0) is 19.6 Å². The van der Waals surface area contributed by atoms with Crippen molar-refractivity contribution in [3.63, 3.8) is 0 Å². The third kappa shape index (κ3) is 5.29. The zero-order valence-corrected chi connectivity index (χ0v) is 19.8. The predicted octanol–water partition coefficient (Wildman–Crippen LogP) is 3.79. The van der Waals surface area contributed by atoms with Crippen molar-refractivity contribution in [2.24, 2.45) is 0 Å². The van der Waals surface area contributed by atoms with Crippen LogP contribution < -0.4 is 10.5 Å². The number of likely N-dealkylation sites (N-methyl/N-ethyl adjacent to an activating group) is 1. The Hall–Kier alpha value is -4.28. The number of aryl methyl sites for hydroxylation is 1. The fraction of sp³-hybridized carbons (Fsp3) is 0.214. The van der Waals surface area contributed by atoms with E-state index >= 15 is 0 Å². The predicted molar refractivity (Wildman–Crippen MR) is 135 cm³/mol. The number of nitrogens with two attached hydrogens (primary N) is 1. The zero-order chi connectivity index (χ0) is 24.2. The van der Waals surface area contributed by atoms with Crippen LogP contribution in [0.1, 0.15) is 33.5 Å². The first-order chi connectivity index (χ1) is 17.0. The van der Waals surface area contributed by atoms with Crippen LogP contribution in [0, 0.1) is 18.8 Å². The molecule has 0 spiro atoms. The second kappa shape index (κ2) is 9.92. The lowest BCUT2D eigenvalue weighted by Gasteiger charge is -2.27. The van der Waals surface area contributed by atoms with Crippen LogP contribution in [0.15, 0.2) is 61.2 Å². The van der Waals surface area contributed by atoms with Gasteiger partial charge in [0, 0.05) is 42.8 Å². The molecule has 35 heavy (non-hydrogen) atoms. The molecule has 0 radical (unpaired) electrons. The maximum atomic E-state index is 6.09. The number of fused-ring (bicyclic) bond motifs is 1. The van der Waals surface area contributed by atoms with E-state index in [1.807, 2.05) is 24.3 Å². The lowest BCUT2D eigenvalue weighted by molar-refractivity contribution is 0.295. The molecule has 7 nitrogen and oxygen atoms in total. The smallest absolute Gasteiger partial charge is 0.258 e. The van der Waals surface area contributed by atoms with E-state index in [1.54, 1.807) is 24.8 Å². The van der Waals surface area contributed by atoms with Gasteiger partial charge in [0.1, 0.15) is 12.3 Å². The summed E-state index contributed by atoms with van der Waals surface area (Å²) >= 11 is 0. The highest BCUT2D eigenvalue weighted by molar-refractivity contribution is 5.64. The first kappa shape index (κ1) is 22.5. The monoisotopic (exact) mass is 462 g/mol. The molecule has 174 valence electrons. The maximum absolute atomic E-state index is 6.09. The first-order valence-corrected chi connectivity index (χ1v) is 11.5. The van der Waals surface area contributed by atoms with Crippen molar-refractivity contribution in [3.05, 3.63) is 94.7 Å². The second-order valence-electron chi connectivity index (χ2n) is 8.69. The molecule has 0 saturated carbocycles. The molecule has 0 bridgehead atoms. The van der Waals surface area contributed by atoms with Crippen molar-refractivity contribution in [1.82, 2.24) is 24.8 Å². The molecular weight excluding hydrogens is 436 g/mol. The number of rotatable bonds is 4. The molecule has 5 rings (SSSR count). The Morgan fingerprint density at radius 3 is 2.77 bits per heavy atom. The van der Waals surface area contributed by atoms with E-state index < -0.39 is 0 Å². The topological polar surface area (TPSA) is 90.0 Å². The molecule has 3 aromatic heterocycles. The van der Waals surface area contributed by atoms with Crippen LogP contribution in [0.4, 0.5) is 5.82 Å². The minimum atomic E-state index is 0.259. The molecule has 0 unspecified atom stereocenters.